The monoisotopic (exact) mass is 338 g/mol. The van der Waals surface area contributed by atoms with Crippen LogP contribution < -0.4 is 15.0 Å². The lowest BCUT2D eigenvalue weighted by atomic mass is 10.1. The number of carbonyl (C=O) groups is 1. The molecule has 1 N–H and O–H groups in total. The molecule has 1 amide bonds. The summed E-state index contributed by atoms with van der Waals surface area (Å²) in [6.45, 7) is 8.05. The summed E-state index contributed by atoms with van der Waals surface area (Å²) in [7, 11) is 0. The molecular weight excluding hydrogens is 312 g/mol. The molecule has 1 aliphatic heterocycles. The van der Waals surface area contributed by atoms with Crippen LogP contribution in [0.2, 0.25) is 0 Å². The second-order valence-corrected chi connectivity index (χ2v) is 6.81. The fraction of sp³-hybridized carbons (Fsp3) is 0.381. The maximum Gasteiger partial charge on any atom is 0.265 e. The van der Waals surface area contributed by atoms with Gasteiger partial charge < -0.3 is 15.0 Å². The normalized spacial score (nSPS) is 15.1. The molecule has 1 aliphatic rings. The molecule has 1 saturated heterocycles. The van der Waals surface area contributed by atoms with Crippen LogP contribution in [0.5, 0.6) is 5.75 Å². The van der Waals surface area contributed by atoms with Crippen molar-refractivity contribution in [2.75, 3.05) is 23.3 Å². The van der Waals surface area contributed by atoms with Gasteiger partial charge in [0.25, 0.3) is 5.91 Å². The first kappa shape index (κ1) is 17.3. The minimum absolute atomic E-state index is 0.145. The van der Waals surface area contributed by atoms with Gasteiger partial charge in [0.1, 0.15) is 5.75 Å². The van der Waals surface area contributed by atoms with E-state index in [2.05, 4.69) is 28.4 Å². The standard InChI is InChI=1S/C21H26N2O2/c1-15-12-16(2)14-20(13-15)25-17(3)21(24)22-18-6-8-19(9-7-18)23-10-4-5-11-23/h6-9,12-14,17H,4-5,10-11H2,1-3H3,(H,22,24). The van der Waals surface area contributed by atoms with Crippen LogP contribution in [0.1, 0.15) is 30.9 Å². The Hall–Kier alpha value is -2.49. The van der Waals surface area contributed by atoms with Crippen LogP contribution in [0.3, 0.4) is 0 Å². The Morgan fingerprint density at radius 1 is 1.04 bits per heavy atom. The van der Waals surface area contributed by atoms with E-state index in [1.807, 2.05) is 38.1 Å². The number of hydrogen-bond donors (Lipinski definition) is 1. The summed E-state index contributed by atoms with van der Waals surface area (Å²) in [6.07, 6.45) is 1.96. The SMILES string of the molecule is Cc1cc(C)cc(OC(C)C(=O)Nc2ccc(N3CCCC3)cc2)c1. The number of rotatable bonds is 5. The fourth-order valence-corrected chi connectivity index (χ4v) is 3.23. The van der Waals surface area contributed by atoms with Crippen molar-refractivity contribution in [3.63, 3.8) is 0 Å². The van der Waals surface area contributed by atoms with Gasteiger partial charge in [-0.2, -0.15) is 0 Å². The number of benzene rings is 2. The molecule has 4 nitrogen and oxygen atoms in total. The lowest BCUT2D eigenvalue weighted by molar-refractivity contribution is -0.122. The molecule has 3 rings (SSSR count). The fourth-order valence-electron chi connectivity index (χ4n) is 3.23. The predicted octanol–water partition coefficient (Wildman–Crippen LogP) is 4.31. The Labute approximate surface area is 149 Å². The summed E-state index contributed by atoms with van der Waals surface area (Å²) in [5.74, 6) is 0.581. The third-order valence-electron chi connectivity index (χ3n) is 4.48. The summed E-state index contributed by atoms with van der Waals surface area (Å²) in [5, 5.41) is 2.93. The highest BCUT2D eigenvalue weighted by atomic mass is 16.5. The van der Waals surface area contributed by atoms with Crippen molar-refractivity contribution < 1.29 is 9.53 Å². The zero-order valence-electron chi connectivity index (χ0n) is 15.2. The van der Waals surface area contributed by atoms with Crippen molar-refractivity contribution in [1.29, 1.82) is 0 Å². The van der Waals surface area contributed by atoms with E-state index in [0.717, 1.165) is 35.7 Å². The van der Waals surface area contributed by atoms with Crippen molar-refractivity contribution in [1.82, 2.24) is 0 Å². The average Bonchev–Trinajstić information content (AvgIpc) is 3.09. The van der Waals surface area contributed by atoms with E-state index in [1.165, 1.54) is 18.5 Å². The van der Waals surface area contributed by atoms with Gasteiger partial charge in [0.05, 0.1) is 0 Å². The molecule has 0 radical (unpaired) electrons. The highest BCUT2D eigenvalue weighted by molar-refractivity contribution is 5.94. The van der Waals surface area contributed by atoms with Gasteiger partial charge in [0, 0.05) is 24.5 Å². The van der Waals surface area contributed by atoms with Gasteiger partial charge in [0.2, 0.25) is 0 Å². The van der Waals surface area contributed by atoms with Gasteiger partial charge in [0.15, 0.2) is 6.10 Å². The lowest BCUT2D eigenvalue weighted by Gasteiger charge is -2.18. The number of hydrogen-bond acceptors (Lipinski definition) is 3. The Morgan fingerprint density at radius 3 is 2.24 bits per heavy atom. The van der Waals surface area contributed by atoms with E-state index in [9.17, 15) is 4.79 Å². The van der Waals surface area contributed by atoms with Crippen LogP contribution >= 0.6 is 0 Å². The molecule has 132 valence electrons. The third kappa shape index (κ3) is 4.53. The molecule has 0 aromatic heterocycles. The first-order chi connectivity index (χ1) is 12.0. The molecule has 1 heterocycles. The summed E-state index contributed by atoms with van der Waals surface area (Å²) in [6, 6.07) is 14.0. The Bertz CT molecular complexity index is 714. The average molecular weight is 338 g/mol. The lowest BCUT2D eigenvalue weighted by Crippen LogP contribution is -2.30. The maximum atomic E-state index is 12.4. The number of nitrogens with zero attached hydrogens (tertiary/aromatic N) is 1. The molecule has 0 bridgehead atoms. The van der Waals surface area contributed by atoms with Gasteiger partial charge in [-0.1, -0.05) is 6.07 Å². The molecule has 25 heavy (non-hydrogen) atoms. The van der Waals surface area contributed by atoms with Crippen molar-refractivity contribution >= 4 is 17.3 Å². The van der Waals surface area contributed by atoms with Crippen molar-refractivity contribution in [3.05, 3.63) is 53.6 Å². The summed E-state index contributed by atoms with van der Waals surface area (Å²) < 4.78 is 5.79. The van der Waals surface area contributed by atoms with E-state index in [-0.39, 0.29) is 5.91 Å². The number of ether oxygens (including phenoxy) is 1. The Morgan fingerprint density at radius 2 is 1.64 bits per heavy atom. The van der Waals surface area contributed by atoms with Gasteiger partial charge in [-0.15, -0.1) is 0 Å². The molecule has 2 aromatic rings. The van der Waals surface area contributed by atoms with E-state index < -0.39 is 6.10 Å². The van der Waals surface area contributed by atoms with Crippen molar-refractivity contribution in [3.8, 4) is 5.75 Å². The van der Waals surface area contributed by atoms with Gasteiger partial charge in [-0.3, -0.25) is 4.79 Å². The highest BCUT2D eigenvalue weighted by Gasteiger charge is 2.16. The smallest absolute Gasteiger partial charge is 0.265 e. The zero-order chi connectivity index (χ0) is 17.8. The largest absolute Gasteiger partial charge is 0.481 e. The number of aryl methyl sites for hydroxylation is 2. The number of anilines is 2. The van der Waals surface area contributed by atoms with Gasteiger partial charge in [-0.05, 0) is 81.1 Å². The molecule has 0 spiro atoms. The van der Waals surface area contributed by atoms with Crippen LogP contribution in [0.15, 0.2) is 42.5 Å². The maximum absolute atomic E-state index is 12.4. The number of carbonyl (C=O) groups excluding carboxylic acids is 1. The highest BCUT2D eigenvalue weighted by Crippen LogP contribution is 2.22. The van der Waals surface area contributed by atoms with E-state index in [1.54, 1.807) is 6.92 Å². The molecule has 1 fully saturated rings. The van der Waals surface area contributed by atoms with Crippen LogP contribution in [0.25, 0.3) is 0 Å². The minimum atomic E-state index is -0.556. The summed E-state index contributed by atoms with van der Waals surface area (Å²) in [5.41, 5.74) is 4.26. The third-order valence-corrected chi connectivity index (χ3v) is 4.48. The van der Waals surface area contributed by atoms with Crippen LogP contribution in [0, 0.1) is 13.8 Å². The second kappa shape index (κ2) is 7.60. The molecule has 1 unspecified atom stereocenters. The topological polar surface area (TPSA) is 41.6 Å². The van der Waals surface area contributed by atoms with E-state index >= 15 is 0 Å². The summed E-state index contributed by atoms with van der Waals surface area (Å²) >= 11 is 0. The number of nitrogens with one attached hydrogen (secondary N) is 1. The molecule has 1 atom stereocenters. The predicted molar refractivity (Wildman–Crippen MR) is 103 cm³/mol. The van der Waals surface area contributed by atoms with Gasteiger partial charge >= 0.3 is 0 Å². The van der Waals surface area contributed by atoms with Crippen LogP contribution in [0.4, 0.5) is 11.4 Å². The Balaban J connectivity index is 1.59. The van der Waals surface area contributed by atoms with Crippen LogP contribution in [-0.4, -0.2) is 25.1 Å². The molecule has 4 heteroatoms. The van der Waals surface area contributed by atoms with Gasteiger partial charge in [-0.25, -0.2) is 0 Å². The molecule has 2 aromatic carbocycles. The Kier molecular flexibility index (Phi) is 5.27. The van der Waals surface area contributed by atoms with Crippen molar-refractivity contribution in [2.24, 2.45) is 0 Å². The molecular formula is C21H26N2O2. The van der Waals surface area contributed by atoms with Crippen molar-refractivity contribution in [2.45, 2.75) is 39.7 Å². The van der Waals surface area contributed by atoms with E-state index in [4.69, 9.17) is 4.74 Å². The molecule has 0 saturated carbocycles. The quantitative estimate of drug-likeness (QED) is 0.883. The first-order valence-electron chi connectivity index (χ1n) is 8.92. The first-order valence-corrected chi connectivity index (χ1v) is 8.92. The number of amides is 1. The minimum Gasteiger partial charge on any atom is -0.481 e. The molecule has 0 aliphatic carbocycles. The summed E-state index contributed by atoms with van der Waals surface area (Å²) in [4.78, 5) is 14.8. The second-order valence-electron chi connectivity index (χ2n) is 6.81. The zero-order valence-corrected chi connectivity index (χ0v) is 15.2. The van der Waals surface area contributed by atoms with Crippen LogP contribution in [-0.2, 0) is 4.79 Å². The van der Waals surface area contributed by atoms with E-state index in [0.29, 0.717) is 0 Å².